The van der Waals surface area contributed by atoms with Crippen molar-refractivity contribution in [3.8, 4) is 0 Å². The molecule has 0 N–H and O–H groups in total. The largest absolute Gasteiger partial charge is 0.668 e. The molecule has 0 fully saturated rings. The maximum absolute atomic E-state index is 3.50. The van der Waals surface area contributed by atoms with E-state index < -0.39 is 0 Å². The van der Waals surface area contributed by atoms with Crippen molar-refractivity contribution >= 4 is 8.80 Å². The van der Waals surface area contributed by atoms with Crippen LogP contribution in [0.2, 0.25) is 19.6 Å². The predicted octanol–water partition coefficient (Wildman–Crippen LogP) is 1.99. The van der Waals surface area contributed by atoms with Crippen LogP contribution in [-0.2, 0) is 32.7 Å². The molecule has 0 spiro atoms. The molecule has 2 radical (unpaired) electrons. The second kappa shape index (κ2) is 15.7. The fourth-order valence-electron chi connectivity index (χ4n) is 0. The SMILES string of the molecule is C[N-]C.C[Si](C)C.[Y]. The average molecular weight is 206 g/mol. The van der Waals surface area contributed by atoms with Crippen molar-refractivity contribution in [3.63, 3.8) is 0 Å². The first-order valence-corrected chi connectivity index (χ1v) is 5.39. The minimum Gasteiger partial charge on any atom is -0.668 e. The van der Waals surface area contributed by atoms with E-state index >= 15 is 0 Å². The molecule has 0 aromatic rings. The van der Waals surface area contributed by atoms with Crippen molar-refractivity contribution in [2.75, 3.05) is 14.1 Å². The number of hydrogen-bond acceptors (Lipinski definition) is 0. The molecule has 0 atom stereocenters. The first kappa shape index (κ1) is 16.1. The Labute approximate surface area is 80.1 Å². The van der Waals surface area contributed by atoms with E-state index in [2.05, 4.69) is 25.0 Å². The standard InChI is InChI=1S/C3H9Si.C2H6N.Y/c1-4(2)3;1-3-2;/h1-3H3;1-2H3;/q;-1;. The number of rotatable bonds is 0. The summed E-state index contributed by atoms with van der Waals surface area (Å²) in [7, 11) is 3.62. The van der Waals surface area contributed by atoms with Gasteiger partial charge in [0.1, 0.15) is 0 Å². The van der Waals surface area contributed by atoms with Crippen molar-refractivity contribution in [3.05, 3.63) is 5.32 Å². The summed E-state index contributed by atoms with van der Waals surface area (Å²) in [4.78, 5) is 0. The second-order valence-electron chi connectivity index (χ2n) is 1.95. The molecular weight excluding hydrogens is 191 g/mol. The van der Waals surface area contributed by atoms with Crippen LogP contribution in [0.5, 0.6) is 0 Å². The van der Waals surface area contributed by atoms with E-state index in [1.807, 2.05) is 0 Å². The molecule has 0 heterocycles. The Kier molecular flexibility index (Phi) is 31.7. The van der Waals surface area contributed by atoms with Gasteiger partial charge in [0.05, 0.1) is 0 Å². The summed E-state index contributed by atoms with van der Waals surface area (Å²) in [6.07, 6.45) is 0. The van der Waals surface area contributed by atoms with Gasteiger partial charge in [-0.2, -0.15) is 14.1 Å². The van der Waals surface area contributed by atoms with E-state index in [0.29, 0.717) is 0 Å². The van der Waals surface area contributed by atoms with E-state index in [-0.39, 0.29) is 41.5 Å². The maximum atomic E-state index is 3.50. The molecule has 3 heteroatoms. The molecule has 1 nitrogen and oxygen atoms in total. The van der Waals surface area contributed by atoms with Crippen LogP contribution in [0, 0.1) is 0 Å². The number of nitrogens with zero attached hydrogens (tertiary/aromatic N) is 1. The van der Waals surface area contributed by atoms with E-state index in [9.17, 15) is 0 Å². The van der Waals surface area contributed by atoms with E-state index in [0.717, 1.165) is 0 Å². The van der Waals surface area contributed by atoms with Crippen molar-refractivity contribution in [1.82, 2.24) is 0 Å². The predicted molar refractivity (Wildman–Crippen MR) is 38.6 cm³/mol. The van der Waals surface area contributed by atoms with Crippen LogP contribution in [-0.4, -0.2) is 22.9 Å². The fourth-order valence-corrected chi connectivity index (χ4v) is 0. The van der Waals surface area contributed by atoms with Gasteiger partial charge in [0, 0.05) is 41.5 Å². The molecule has 0 bridgehead atoms. The topological polar surface area (TPSA) is 14.1 Å². The summed E-state index contributed by atoms with van der Waals surface area (Å²) >= 11 is 0. The van der Waals surface area contributed by atoms with Gasteiger partial charge in [-0.05, 0) is 0 Å². The Morgan fingerprint density at radius 1 is 1.00 bits per heavy atom. The fraction of sp³-hybridized carbons (Fsp3) is 1.00. The Morgan fingerprint density at radius 2 is 1.00 bits per heavy atom. The van der Waals surface area contributed by atoms with Crippen LogP contribution < -0.4 is 0 Å². The van der Waals surface area contributed by atoms with E-state index in [1.165, 1.54) is 0 Å². The van der Waals surface area contributed by atoms with Crippen molar-refractivity contribution < 1.29 is 32.7 Å². The zero-order valence-electron chi connectivity index (χ0n) is 6.52. The molecule has 0 unspecified atom stereocenters. The molecule has 0 aromatic heterocycles. The Balaban J connectivity index is -0.0000000575. The Bertz CT molecular complexity index is 23.6. The zero-order valence-corrected chi connectivity index (χ0v) is 10.4. The molecular formula is C5H15NSiY-. The smallest absolute Gasteiger partial charge is 0.0379 e. The first-order valence-electron chi connectivity index (χ1n) is 2.39. The quantitative estimate of drug-likeness (QED) is 0.538. The van der Waals surface area contributed by atoms with Gasteiger partial charge in [-0.3, -0.25) is 0 Å². The third-order valence-corrected chi connectivity index (χ3v) is 0. The van der Waals surface area contributed by atoms with Gasteiger partial charge in [0.15, 0.2) is 0 Å². The Morgan fingerprint density at radius 3 is 1.00 bits per heavy atom. The molecule has 0 rings (SSSR count). The normalized spacial score (nSPS) is 6.75. The van der Waals surface area contributed by atoms with Crippen LogP contribution in [0.4, 0.5) is 0 Å². The minimum atomic E-state index is 0. The van der Waals surface area contributed by atoms with Gasteiger partial charge in [-0.15, -0.1) is 0 Å². The monoisotopic (exact) mass is 206 g/mol. The summed E-state index contributed by atoms with van der Waals surface area (Å²) in [6.45, 7) is 6.81. The van der Waals surface area contributed by atoms with Gasteiger partial charge >= 0.3 is 0 Å². The molecule has 48 valence electrons. The summed E-state index contributed by atoms with van der Waals surface area (Å²) in [5.41, 5.74) is 0. The summed E-state index contributed by atoms with van der Waals surface area (Å²) in [5.74, 6) is 0. The Hall–Kier alpha value is 1.28. The van der Waals surface area contributed by atoms with Crippen molar-refractivity contribution in [1.29, 1.82) is 0 Å². The van der Waals surface area contributed by atoms with Gasteiger partial charge in [-0.1, -0.05) is 19.6 Å². The molecule has 0 aliphatic rings. The average Bonchev–Trinajstić information content (AvgIpc) is 1.33. The van der Waals surface area contributed by atoms with E-state index in [4.69, 9.17) is 0 Å². The van der Waals surface area contributed by atoms with Gasteiger partial charge < -0.3 is 5.32 Å². The molecule has 0 aliphatic heterocycles. The first-order chi connectivity index (χ1) is 3.15. The van der Waals surface area contributed by atoms with Crippen LogP contribution in [0.25, 0.3) is 5.32 Å². The molecule has 8 heavy (non-hydrogen) atoms. The minimum absolute atomic E-state index is 0. The summed E-state index contributed by atoms with van der Waals surface area (Å²) in [6, 6.07) is 0. The van der Waals surface area contributed by atoms with Gasteiger partial charge in [0.2, 0.25) is 0 Å². The van der Waals surface area contributed by atoms with Crippen LogP contribution >= 0.6 is 0 Å². The summed E-state index contributed by atoms with van der Waals surface area (Å²) in [5, 5.41) is 3.50. The zero-order chi connectivity index (χ0) is 6.28. The molecule has 0 aliphatic carbocycles. The van der Waals surface area contributed by atoms with Gasteiger partial charge in [0.25, 0.3) is 0 Å². The van der Waals surface area contributed by atoms with Crippen molar-refractivity contribution in [2.45, 2.75) is 19.6 Å². The maximum Gasteiger partial charge on any atom is 0.0379 e. The molecule has 0 saturated carbocycles. The van der Waals surface area contributed by atoms with Crippen LogP contribution in [0.1, 0.15) is 0 Å². The van der Waals surface area contributed by atoms with Crippen LogP contribution in [0.15, 0.2) is 0 Å². The summed E-state index contributed by atoms with van der Waals surface area (Å²) < 4.78 is 0. The number of hydrogen-bond donors (Lipinski definition) is 0. The molecule has 0 amide bonds. The molecule has 0 saturated heterocycles. The third-order valence-electron chi connectivity index (χ3n) is 0. The molecule has 0 aromatic carbocycles. The van der Waals surface area contributed by atoms with Gasteiger partial charge in [-0.25, -0.2) is 0 Å². The van der Waals surface area contributed by atoms with E-state index in [1.54, 1.807) is 14.1 Å². The third kappa shape index (κ3) is 175. The van der Waals surface area contributed by atoms with Crippen molar-refractivity contribution in [2.24, 2.45) is 0 Å². The van der Waals surface area contributed by atoms with Crippen LogP contribution in [0.3, 0.4) is 0 Å². The second-order valence-corrected chi connectivity index (χ2v) is 4.95.